The van der Waals surface area contributed by atoms with E-state index < -0.39 is 0 Å². The maximum atomic E-state index is 13.0. The topological polar surface area (TPSA) is 77.2 Å². The van der Waals surface area contributed by atoms with Crippen molar-refractivity contribution in [2.75, 3.05) is 6.61 Å². The molecule has 1 aromatic carbocycles. The van der Waals surface area contributed by atoms with Crippen molar-refractivity contribution in [2.45, 2.75) is 38.8 Å². The number of hydrogen-bond acceptors (Lipinski definition) is 5. The molecule has 1 saturated heterocycles. The molecule has 1 amide bonds. The van der Waals surface area contributed by atoms with Crippen molar-refractivity contribution >= 4 is 17.0 Å². The maximum absolute atomic E-state index is 13.0. The van der Waals surface area contributed by atoms with Gasteiger partial charge in [-0.3, -0.25) is 4.79 Å². The van der Waals surface area contributed by atoms with Gasteiger partial charge < -0.3 is 14.6 Å². The molecule has 3 aromatic rings. The molecule has 2 atom stereocenters. The van der Waals surface area contributed by atoms with Gasteiger partial charge in [0.25, 0.3) is 11.6 Å². The Morgan fingerprint density at radius 1 is 1.31 bits per heavy atom. The van der Waals surface area contributed by atoms with E-state index in [0.29, 0.717) is 28.1 Å². The van der Waals surface area contributed by atoms with Gasteiger partial charge in [0.2, 0.25) is 0 Å². The lowest BCUT2D eigenvalue weighted by Crippen LogP contribution is -2.40. The molecule has 26 heavy (non-hydrogen) atoms. The highest BCUT2D eigenvalue weighted by Gasteiger charge is 2.26. The van der Waals surface area contributed by atoms with Crippen LogP contribution in [0.5, 0.6) is 0 Å². The molecule has 6 nitrogen and oxygen atoms in total. The van der Waals surface area contributed by atoms with E-state index in [1.165, 1.54) is 0 Å². The summed E-state index contributed by atoms with van der Waals surface area (Å²) < 4.78 is 11.0. The van der Waals surface area contributed by atoms with Gasteiger partial charge in [0.05, 0.1) is 34.5 Å². The monoisotopic (exact) mass is 351 g/mol. The highest BCUT2D eigenvalue weighted by atomic mass is 16.5. The molecule has 3 heterocycles. The van der Waals surface area contributed by atoms with Crippen LogP contribution in [0.2, 0.25) is 0 Å². The Hall–Kier alpha value is -2.73. The molecule has 2 aromatic heterocycles. The van der Waals surface area contributed by atoms with E-state index >= 15 is 0 Å². The number of ether oxygens (including phenoxy) is 1. The number of rotatable bonds is 4. The fourth-order valence-corrected chi connectivity index (χ4v) is 3.40. The van der Waals surface area contributed by atoms with E-state index in [9.17, 15) is 4.79 Å². The molecule has 1 N–H and O–H groups in total. The summed E-state index contributed by atoms with van der Waals surface area (Å²) in [7, 11) is 0. The first kappa shape index (κ1) is 16.7. The van der Waals surface area contributed by atoms with Crippen molar-refractivity contribution in [3.63, 3.8) is 0 Å². The third-order valence-corrected chi connectivity index (χ3v) is 4.81. The SMILES string of the molecule is Cc1noc2nc(-c3ccccc3)cc(C(=O)NC(C)C3CCCO3)c12. The number of nitrogens with zero attached hydrogens (tertiary/aromatic N) is 2. The average Bonchev–Trinajstić information content (AvgIpc) is 3.32. The van der Waals surface area contributed by atoms with E-state index in [2.05, 4.69) is 15.5 Å². The van der Waals surface area contributed by atoms with E-state index in [-0.39, 0.29) is 18.1 Å². The van der Waals surface area contributed by atoms with Gasteiger partial charge in [0, 0.05) is 12.2 Å². The van der Waals surface area contributed by atoms with Gasteiger partial charge in [-0.15, -0.1) is 0 Å². The van der Waals surface area contributed by atoms with Crippen LogP contribution < -0.4 is 5.32 Å². The first-order valence-electron chi connectivity index (χ1n) is 8.88. The number of carbonyl (C=O) groups excluding carboxylic acids is 1. The summed E-state index contributed by atoms with van der Waals surface area (Å²) in [5, 5.41) is 7.71. The van der Waals surface area contributed by atoms with Crippen LogP contribution >= 0.6 is 0 Å². The zero-order valence-corrected chi connectivity index (χ0v) is 14.9. The lowest BCUT2D eigenvalue weighted by Gasteiger charge is -2.20. The molecule has 134 valence electrons. The molecule has 0 spiro atoms. The quantitative estimate of drug-likeness (QED) is 0.778. The molecule has 0 aliphatic carbocycles. The number of aromatic nitrogens is 2. The second-order valence-corrected chi connectivity index (χ2v) is 6.68. The van der Waals surface area contributed by atoms with Crippen molar-refractivity contribution < 1.29 is 14.1 Å². The Morgan fingerprint density at radius 2 is 2.12 bits per heavy atom. The highest BCUT2D eigenvalue weighted by Crippen LogP contribution is 2.27. The van der Waals surface area contributed by atoms with Crippen molar-refractivity contribution in [1.29, 1.82) is 0 Å². The van der Waals surface area contributed by atoms with E-state index in [1.54, 1.807) is 6.07 Å². The van der Waals surface area contributed by atoms with Crippen LogP contribution in [0.1, 0.15) is 35.8 Å². The highest BCUT2D eigenvalue weighted by molar-refractivity contribution is 6.07. The first-order valence-corrected chi connectivity index (χ1v) is 8.88. The lowest BCUT2D eigenvalue weighted by atomic mass is 10.0. The second kappa shape index (κ2) is 6.88. The zero-order valence-electron chi connectivity index (χ0n) is 14.9. The Kier molecular flexibility index (Phi) is 4.42. The number of pyridine rings is 1. The Balaban J connectivity index is 1.72. The van der Waals surface area contributed by atoms with Crippen LogP contribution in [0.15, 0.2) is 40.9 Å². The summed E-state index contributed by atoms with van der Waals surface area (Å²) in [6, 6.07) is 11.5. The molecular weight excluding hydrogens is 330 g/mol. The van der Waals surface area contributed by atoms with Gasteiger partial charge >= 0.3 is 0 Å². The summed E-state index contributed by atoms with van der Waals surface area (Å²) in [6.07, 6.45) is 2.07. The second-order valence-electron chi connectivity index (χ2n) is 6.68. The standard InChI is InChI=1S/C20H21N3O3/c1-12(17-9-6-10-25-17)21-19(24)15-11-16(14-7-4-3-5-8-14)22-20-18(15)13(2)23-26-20/h3-5,7-8,11-12,17H,6,9-10H2,1-2H3,(H,21,24). The van der Waals surface area contributed by atoms with E-state index in [4.69, 9.17) is 9.26 Å². The van der Waals surface area contributed by atoms with Crippen LogP contribution in [0.3, 0.4) is 0 Å². The number of amides is 1. The van der Waals surface area contributed by atoms with E-state index in [0.717, 1.165) is 25.0 Å². The summed E-state index contributed by atoms with van der Waals surface area (Å²) >= 11 is 0. The Labute approximate surface area is 151 Å². The molecule has 4 rings (SSSR count). The van der Waals surface area contributed by atoms with Gasteiger partial charge in [0.1, 0.15) is 0 Å². The molecule has 2 unspecified atom stereocenters. The third-order valence-electron chi connectivity index (χ3n) is 4.81. The number of benzene rings is 1. The fraction of sp³-hybridized carbons (Fsp3) is 0.350. The predicted molar refractivity (Wildman–Crippen MR) is 97.9 cm³/mol. The van der Waals surface area contributed by atoms with Crippen molar-refractivity contribution in [1.82, 2.24) is 15.5 Å². The normalized spacial score (nSPS) is 18.2. The number of carbonyl (C=O) groups is 1. The van der Waals surface area contributed by atoms with E-state index in [1.807, 2.05) is 44.2 Å². The number of fused-ring (bicyclic) bond motifs is 1. The van der Waals surface area contributed by atoms with Crippen LogP contribution in [0.25, 0.3) is 22.4 Å². The lowest BCUT2D eigenvalue weighted by molar-refractivity contribution is 0.0713. The minimum Gasteiger partial charge on any atom is -0.376 e. The van der Waals surface area contributed by atoms with Gasteiger partial charge in [0.15, 0.2) is 0 Å². The zero-order chi connectivity index (χ0) is 18.1. The van der Waals surface area contributed by atoms with Gasteiger partial charge in [-0.1, -0.05) is 35.5 Å². The van der Waals surface area contributed by atoms with Crippen LogP contribution in [-0.4, -0.2) is 34.8 Å². The molecule has 0 saturated carbocycles. The smallest absolute Gasteiger partial charge is 0.259 e. The number of aryl methyl sites for hydroxylation is 1. The third kappa shape index (κ3) is 3.08. The van der Waals surface area contributed by atoms with Crippen LogP contribution in [0, 0.1) is 6.92 Å². The fourth-order valence-electron chi connectivity index (χ4n) is 3.40. The van der Waals surface area contributed by atoms with Gasteiger partial charge in [-0.2, -0.15) is 0 Å². The minimum absolute atomic E-state index is 0.0615. The summed E-state index contributed by atoms with van der Waals surface area (Å²) in [4.78, 5) is 17.5. The summed E-state index contributed by atoms with van der Waals surface area (Å²) in [5.74, 6) is -0.163. The maximum Gasteiger partial charge on any atom is 0.259 e. The van der Waals surface area contributed by atoms with Crippen LogP contribution in [-0.2, 0) is 4.74 Å². The molecule has 1 aliphatic rings. The minimum atomic E-state index is -0.163. The van der Waals surface area contributed by atoms with Gasteiger partial charge in [-0.25, -0.2) is 4.98 Å². The van der Waals surface area contributed by atoms with Crippen molar-refractivity contribution in [3.05, 3.63) is 47.7 Å². The predicted octanol–water partition coefficient (Wildman–Crippen LogP) is 3.50. The van der Waals surface area contributed by atoms with Crippen molar-refractivity contribution in [2.24, 2.45) is 0 Å². The molecule has 6 heteroatoms. The van der Waals surface area contributed by atoms with Gasteiger partial charge in [-0.05, 0) is 32.8 Å². The summed E-state index contributed by atoms with van der Waals surface area (Å²) in [5.41, 5.74) is 3.16. The largest absolute Gasteiger partial charge is 0.376 e. The number of hydrogen-bond donors (Lipinski definition) is 1. The molecule has 0 radical (unpaired) electrons. The Bertz CT molecular complexity index is 930. The average molecular weight is 351 g/mol. The molecule has 1 fully saturated rings. The Morgan fingerprint density at radius 3 is 2.85 bits per heavy atom. The molecular formula is C20H21N3O3. The molecule has 0 bridgehead atoms. The first-order chi connectivity index (χ1) is 12.6. The van der Waals surface area contributed by atoms with Crippen molar-refractivity contribution in [3.8, 4) is 11.3 Å². The van der Waals surface area contributed by atoms with Crippen LogP contribution in [0.4, 0.5) is 0 Å². The number of nitrogens with one attached hydrogen (secondary N) is 1. The summed E-state index contributed by atoms with van der Waals surface area (Å²) in [6.45, 7) is 4.55. The molecule has 1 aliphatic heterocycles.